The van der Waals surface area contributed by atoms with Gasteiger partial charge < -0.3 is 24.3 Å². The molecule has 1 aliphatic rings. The number of ketones is 1. The molecule has 33 heavy (non-hydrogen) atoms. The lowest BCUT2D eigenvalue weighted by atomic mass is 9.90. The highest BCUT2D eigenvalue weighted by Crippen LogP contribution is 2.46. The van der Waals surface area contributed by atoms with Crippen molar-refractivity contribution in [3.05, 3.63) is 41.5 Å². The first-order valence-electron chi connectivity index (χ1n) is 10.9. The lowest BCUT2D eigenvalue weighted by molar-refractivity contribution is -0.120. The molecule has 0 aliphatic carbocycles. The molecule has 180 valence electrons. The molecule has 1 atom stereocenters. The van der Waals surface area contributed by atoms with Crippen molar-refractivity contribution in [1.82, 2.24) is 5.32 Å². The zero-order chi connectivity index (χ0) is 24.2. The molecule has 1 N–H and O–H groups in total. The van der Waals surface area contributed by atoms with Gasteiger partial charge in [0.05, 0.1) is 26.9 Å². The van der Waals surface area contributed by atoms with Crippen molar-refractivity contribution < 1.29 is 32.5 Å². The lowest BCUT2D eigenvalue weighted by Crippen LogP contribution is -2.44. The van der Waals surface area contributed by atoms with Crippen LogP contribution in [-0.4, -0.2) is 52.4 Å². The fraction of sp³-hybridized carbons (Fsp3) is 0.480. The molecule has 3 rings (SSSR count). The Balaban J connectivity index is 2.10. The number of Topliss-reactive ketones (excluding diaryl/α,β-unsaturated/α-hetero) is 1. The molecule has 8 heteroatoms. The molecule has 1 unspecified atom stereocenters. The summed E-state index contributed by atoms with van der Waals surface area (Å²) in [5, 5.41) is 3.19. The smallest absolute Gasteiger partial charge is 0.387 e. The Hall–Kier alpha value is -2.71. The van der Waals surface area contributed by atoms with Crippen molar-refractivity contribution in [3.63, 3.8) is 0 Å². The van der Waals surface area contributed by atoms with Gasteiger partial charge in [-0.05, 0) is 50.6 Å². The molecule has 0 aromatic heterocycles. The maximum atomic E-state index is 13.0. The third-order valence-electron chi connectivity index (χ3n) is 5.78. The van der Waals surface area contributed by atoms with Crippen LogP contribution in [0.2, 0.25) is 0 Å². The summed E-state index contributed by atoms with van der Waals surface area (Å²) in [6.45, 7) is 4.03. The molecule has 0 radical (unpaired) electrons. The van der Waals surface area contributed by atoms with E-state index < -0.39 is 6.61 Å². The van der Waals surface area contributed by atoms with E-state index in [1.807, 2.05) is 33.0 Å². The molecule has 1 saturated heterocycles. The number of benzene rings is 2. The maximum Gasteiger partial charge on any atom is 0.387 e. The molecule has 2 aromatic carbocycles. The van der Waals surface area contributed by atoms with Crippen molar-refractivity contribution in [3.8, 4) is 28.4 Å². The summed E-state index contributed by atoms with van der Waals surface area (Å²) in [5.41, 5.74) is 2.80. The van der Waals surface area contributed by atoms with E-state index in [0.717, 1.165) is 11.1 Å². The van der Waals surface area contributed by atoms with Gasteiger partial charge in [0.2, 0.25) is 5.75 Å². The number of rotatable bonds is 11. The Bertz CT molecular complexity index is 991. The summed E-state index contributed by atoms with van der Waals surface area (Å²) in [6.07, 6.45) is 0.647. The molecule has 0 amide bonds. The van der Waals surface area contributed by atoms with E-state index in [0.29, 0.717) is 43.1 Å². The summed E-state index contributed by atoms with van der Waals surface area (Å²) >= 11 is 0. The third-order valence-corrected chi connectivity index (χ3v) is 5.78. The van der Waals surface area contributed by atoms with E-state index in [1.165, 1.54) is 20.1 Å². The number of methoxy groups -OCH3 is 1. The van der Waals surface area contributed by atoms with Crippen molar-refractivity contribution >= 4 is 5.78 Å². The Morgan fingerprint density at radius 2 is 1.94 bits per heavy atom. The summed E-state index contributed by atoms with van der Waals surface area (Å²) < 4.78 is 47.5. The van der Waals surface area contributed by atoms with Crippen molar-refractivity contribution in [2.75, 3.05) is 34.0 Å². The van der Waals surface area contributed by atoms with Gasteiger partial charge in [0.15, 0.2) is 17.3 Å². The van der Waals surface area contributed by atoms with E-state index in [4.69, 9.17) is 14.2 Å². The number of alkyl halides is 2. The number of likely N-dealkylation sites (N-methyl/N-ethyl adjacent to an activating group) is 1. The SMILES string of the molecule is CNC(C)Cc1cc(-c2ccc(OC(F)F)c(OC)c2OCC2(C)COC2)ccc1C(C)=O. The van der Waals surface area contributed by atoms with Crippen LogP contribution in [0.5, 0.6) is 17.2 Å². The second-order valence-corrected chi connectivity index (χ2v) is 8.77. The summed E-state index contributed by atoms with van der Waals surface area (Å²) in [5.74, 6) is 0.280. The average Bonchev–Trinajstić information content (AvgIpc) is 2.75. The minimum absolute atomic E-state index is 0.0208. The lowest BCUT2D eigenvalue weighted by Gasteiger charge is -2.37. The fourth-order valence-electron chi connectivity index (χ4n) is 3.78. The standard InChI is InChI=1S/C25H31F2NO5/c1-15(28-4)10-18-11-17(6-7-19(18)16(2)29)20-8-9-21(33-24(26)27)23(30-5)22(20)32-14-25(3)12-31-13-25/h6-9,11,15,24,28H,10,12-14H2,1-5H3. The van der Waals surface area contributed by atoms with Crippen molar-refractivity contribution in [2.24, 2.45) is 5.41 Å². The quantitative estimate of drug-likeness (QED) is 0.486. The molecular weight excluding hydrogens is 432 g/mol. The van der Waals surface area contributed by atoms with Crippen LogP contribution in [0, 0.1) is 5.41 Å². The van der Waals surface area contributed by atoms with E-state index in [1.54, 1.807) is 12.1 Å². The molecule has 1 heterocycles. The molecular formula is C25H31F2NO5. The number of nitrogens with one attached hydrogen (secondary N) is 1. The first kappa shape index (κ1) is 24.9. The van der Waals surface area contributed by atoms with Gasteiger partial charge in [-0.25, -0.2) is 0 Å². The Kier molecular flexibility index (Phi) is 7.92. The van der Waals surface area contributed by atoms with Crippen LogP contribution in [-0.2, 0) is 11.2 Å². The first-order chi connectivity index (χ1) is 15.7. The minimum Gasteiger partial charge on any atom is -0.490 e. The highest BCUT2D eigenvalue weighted by atomic mass is 19.3. The van der Waals surface area contributed by atoms with Gasteiger partial charge in [0.1, 0.15) is 0 Å². The van der Waals surface area contributed by atoms with Crippen LogP contribution in [0.4, 0.5) is 8.78 Å². The predicted octanol–water partition coefficient (Wildman–Crippen LogP) is 4.73. The normalized spacial score (nSPS) is 15.6. The number of carbonyl (C=O) groups excluding carboxylic acids is 1. The van der Waals surface area contributed by atoms with Crippen LogP contribution in [0.15, 0.2) is 30.3 Å². The van der Waals surface area contributed by atoms with Crippen LogP contribution in [0.25, 0.3) is 11.1 Å². The topological polar surface area (TPSA) is 66.0 Å². The van der Waals surface area contributed by atoms with Gasteiger partial charge in [-0.3, -0.25) is 4.79 Å². The second kappa shape index (κ2) is 10.5. The molecule has 0 saturated carbocycles. The minimum atomic E-state index is -3.00. The van der Waals surface area contributed by atoms with Gasteiger partial charge in [-0.2, -0.15) is 8.78 Å². The first-order valence-corrected chi connectivity index (χ1v) is 10.9. The number of hydrogen-bond acceptors (Lipinski definition) is 6. The zero-order valence-corrected chi connectivity index (χ0v) is 19.7. The van der Waals surface area contributed by atoms with E-state index in [9.17, 15) is 13.6 Å². The number of hydrogen-bond donors (Lipinski definition) is 1. The van der Waals surface area contributed by atoms with Crippen LogP contribution in [0.3, 0.4) is 0 Å². The van der Waals surface area contributed by atoms with Gasteiger partial charge >= 0.3 is 6.61 Å². The predicted molar refractivity (Wildman–Crippen MR) is 122 cm³/mol. The van der Waals surface area contributed by atoms with Gasteiger partial charge in [-0.1, -0.05) is 25.1 Å². The molecule has 2 aromatic rings. The van der Waals surface area contributed by atoms with Crippen molar-refractivity contribution in [1.29, 1.82) is 0 Å². The third kappa shape index (κ3) is 5.81. The van der Waals surface area contributed by atoms with Gasteiger partial charge in [0, 0.05) is 22.6 Å². The Morgan fingerprint density at radius 1 is 1.21 bits per heavy atom. The summed E-state index contributed by atoms with van der Waals surface area (Å²) in [4.78, 5) is 12.2. The van der Waals surface area contributed by atoms with E-state index in [-0.39, 0.29) is 28.7 Å². The fourth-order valence-corrected chi connectivity index (χ4v) is 3.78. The largest absolute Gasteiger partial charge is 0.490 e. The highest BCUT2D eigenvalue weighted by Gasteiger charge is 2.35. The number of carbonyl (C=O) groups is 1. The molecule has 0 spiro atoms. The molecule has 1 fully saturated rings. The number of ether oxygens (including phenoxy) is 4. The van der Waals surface area contributed by atoms with Crippen LogP contribution < -0.4 is 19.5 Å². The Morgan fingerprint density at radius 3 is 2.48 bits per heavy atom. The average molecular weight is 464 g/mol. The highest BCUT2D eigenvalue weighted by molar-refractivity contribution is 5.96. The Labute approximate surface area is 193 Å². The molecule has 1 aliphatic heterocycles. The van der Waals surface area contributed by atoms with E-state index in [2.05, 4.69) is 10.1 Å². The van der Waals surface area contributed by atoms with E-state index >= 15 is 0 Å². The summed E-state index contributed by atoms with van der Waals surface area (Å²) in [6, 6.07) is 8.82. The second-order valence-electron chi connectivity index (χ2n) is 8.77. The summed E-state index contributed by atoms with van der Waals surface area (Å²) in [7, 11) is 3.25. The van der Waals surface area contributed by atoms with Crippen molar-refractivity contribution in [2.45, 2.75) is 39.8 Å². The van der Waals surface area contributed by atoms with Crippen LogP contribution >= 0.6 is 0 Å². The van der Waals surface area contributed by atoms with Gasteiger partial charge in [0.25, 0.3) is 0 Å². The maximum absolute atomic E-state index is 13.0. The monoisotopic (exact) mass is 463 g/mol. The molecule has 0 bridgehead atoms. The van der Waals surface area contributed by atoms with Crippen LogP contribution in [0.1, 0.15) is 36.7 Å². The zero-order valence-electron chi connectivity index (χ0n) is 19.7. The van der Waals surface area contributed by atoms with Gasteiger partial charge in [-0.15, -0.1) is 0 Å². The number of halogens is 2. The molecule has 6 nitrogen and oxygen atoms in total.